The van der Waals surface area contributed by atoms with Crippen LogP contribution in [0, 0.1) is 11.2 Å². The van der Waals surface area contributed by atoms with E-state index in [-0.39, 0.29) is 19.0 Å². The van der Waals surface area contributed by atoms with Crippen LogP contribution in [0.5, 0.6) is 0 Å². The lowest BCUT2D eigenvalue weighted by molar-refractivity contribution is 0.0763. The summed E-state index contributed by atoms with van der Waals surface area (Å²) in [6, 6.07) is 6.23. The van der Waals surface area contributed by atoms with Crippen molar-refractivity contribution in [2.45, 2.75) is 6.92 Å². The lowest BCUT2D eigenvalue weighted by atomic mass is 9.92. The van der Waals surface area contributed by atoms with Gasteiger partial charge in [0, 0.05) is 24.7 Å². The number of benzene rings is 1. The summed E-state index contributed by atoms with van der Waals surface area (Å²) in [5, 5.41) is 18.3. The molecule has 0 saturated carbocycles. The molecule has 0 spiro atoms. The molecule has 4 heteroatoms. The van der Waals surface area contributed by atoms with E-state index in [4.69, 9.17) is 0 Å². The Morgan fingerprint density at radius 1 is 1.31 bits per heavy atom. The molecule has 0 fully saturated rings. The molecule has 1 rings (SSSR count). The van der Waals surface area contributed by atoms with E-state index in [1.54, 1.807) is 26.1 Å². The van der Waals surface area contributed by atoms with E-state index in [2.05, 4.69) is 0 Å². The summed E-state index contributed by atoms with van der Waals surface area (Å²) in [7, 11) is 1.80. The molecule has 2 N–H and O–H groups in total. The molecule has 90 valence electrons. The first-order chi connectivity index (χ1) is 7.50. The number of hydrogen-bond acceptors (Lipinski definition) is 3. The normalized spacial score (nSPS) is 11.6. The van der Waals surface area contributed by atoms with Crippen molar-refractivity contribution in [2.75, 3.05) is 31.7 Å². The van der Waals surface area contributed by atoms with Crippen LogP contribution in [-0.4, -0.2) is 37.0 Å². The fraction of sp³-hybridized carbons (Fsp3) is 0.500. The van der Waals surface area contributed by atoms with Crippen LogP contribution < -0.4 is 4.90 Å². The van der Waals surface area contributed by atoms with Gasteiger partial charge in [0.1, 0.15) is 5.82 Å². The molecule has 3 nitrogen and oxygen atoms in total. The van der Waals surface area contributed by atoms with Gasteiger partial charge in [0.05, 0.1) is 13.2 Å². The minimum atomic E-state index is -0.582. The van der Waals surface area contributed by atoms with Crippen molar-refractivity contribution in [2.24, 2.45) is 5.41 Å². The summed E-state index contributed by atoms with van der Waals surface area (Å²) in [6.45, 7) is 2.03. The predicted octanol–water partition coefficient (Wildman–Crippen LogP) is 1.25. The third-order valence-corrected chi connectivity index (χ3v) is 2.63. The number of halogens is 1. The average Bonchev–Trinajstić information content (AvgIpc) is 2.29. The summed E-state index contributed by atoms with van der Waals surface area (Å²) in [5.74, 6) is -0.293. The van der Waals surface area contributed by atoms with E-state index in [1.165, 1.54) is 12.1 Å². The quantitative estimate of drug-likeness (QED) is 0.795. The first-order valence-electron chi connectivity index (χ1n) is 5.19. The van der Waals surface area contributed by atoms with Gasteiger partial charge in [0.25, 0.3) is 0 Å². The number of aliphatic hydroxyl groups is 2. The Kier molecular flexibility index (Phi) is 4.26. The number of hydrogen-bond donors (Lipinski definition) is 2. The van der Waals surface area contributed by atoms with Gasteiger partial charge >= 0.3 is 0 Å². The summed E-state index contributed by atoms with van der Waals surface area (Å²) < 4.78 is 13.0. The molecule has 0 atom stereocenters. The monoisotopic (exact) mass is 227 g/mol. The van der Waals surface area contributed by atoms with E-state index in [1.807, 2.05) is 4.90 Å². The Morgan fingerprint density at radius 3 is 2.44 bits per heavy atom. The molecule has 0 amide bonds. The van der Waals surface area contributed by atoms with E-state index in [0.29, 0.717) is 6.54 Å². The molecule has 0 aliphatic heterocycles. The van der Waals surface area contributed by atoms with Crippen LogP contribution in [0.4, 0.5) is 10.1 Å². The van der Waals surface area contributed by atoms with Crippen molar-refractivity contribution >= 4 is 5.69 Å². The van der Waals surface area contributed by atoms with Gasteiger partial charge in [-0.25, -0.2) is 4.39 Å². The highest BCUT2D eigenvalue weighted by Gasteiger charge is 2.24. The fourth-order valence-electron chi connectivity index (χ4n) is 1.53. The van der Waals surface area contributed by atoms with Crippen molar-refractivity contribution in [3.05, 3.63) is 30.1 Å². The highest BCUT2D eigenvalue weighted by atomic mass is 19.1. The zero-order valence-electron chi connectivity index (χ0n) is 9.65. The third-order valence-electron chi connectivity index (χ3n) is 2.63. The van der Waals surface area contributed by atoms with E-state index < -0.39 is 5.41 Å². The van der Waals surface area contributed by atoms with Gasteiger partial charge in [0.15, 0.2) is 0 Å². The first-order valence-corrected chi connectivity index (χ1v) is 5.19. The highest BCUT2D eigenvalue weighted by molar-refractivity contribution is 5.45. The van der Waals surface area contributed by atoms with Crippen molar-refractivity contribution in [1.82, 2.24) is 0 Å². The first kappa shape index (κ1) is 12.9. The van der Waals surface area contributed by atoms with Gasteiger partial charge < -0.3 is 15.1 Å². The number of nitrogens with zero attached hydrogens (tertiary/aromatic N) is 1. The Hall–Kier alpha value is -1.13. The van der Waals surface area contributed by atoms with E-state index >= 15 is 0 Å². The molecule has 16 heavy (non-hydrogen) atoms. The lowest BCUT2D eigenvalue weighted by Crippen LogP contribution is -2.39. The second kappa shape index (κ2) is 5.27. The van der Waals surface area contributed by atoms with Gasteiger partial charge in [-0.15, -0.1) is 0 Å². The molecule has 0 aliphatic rings. The second-order valence-corrected chi connectivity index (χ2v) is 4.46. The van der Waals surface area contributed by atoms with Crippen LogP contribution in [0.2, 0.25) is 0 Å². The standard InChI is InChI=1S/C12H18FNO2/c1-12(8-15,9-16)7-14(2)11-5-3-4-10(13)6-11/h3-6,15-16H,7-9H2,1-2H3. The summed E-state index contributed by atoms with van der Waals surface area (Å²) >= 11 is 0. The minimum absolute atomic E-state index is 0.108. The van der Waals surface area contributed by atoms with Gasteiger partial charge in [-0.3, -0.25) is 0 Å². The lowest BCUT2D eigenvalue weighted by Gasteiger charge is -2.31. The molecule has 0 heterocycles. The maximum Gasteiger partial charge on any atom is 0.125 e. The maximum absolute atomic E-state index is 13.0. The smallest absolute Gasteiger partial charge is 0.125 e. The van der Waals surface area contributed by atoms with Gasteiger partial charge in [-0.05, 0) is 18.2 Å². The van der Waals surface area contributed by atoms with Crippen LogP contribution >= 0.6 is 0 Å². The number of rotatable bonds is 5. The van der Waals surface area contributed by atoms with Crippen LogP contribution in [0.25, 0.3) is 0 Å². The van der Waals surface area contributed by atoms with Crippen molar-refractivity contribution < 1.29 is 14.6 Å². The largest absolute Gasteiger partial charge is 0.396 e. The van der Waals surface area contributed by atoms with Gasteiger partial charge in [-0.1, -0.05) is 13.0 Å². The fourth-order valence-corrected chi connectivity index (χ4v) is 1.53. The van der Waals surface area contributed by atoms with Crippen molar-refractivity contribution in [3.8, 4) is 0 Å². The summed E-state index contributed by atoms with van der Waals surface area (Å²) in [5.41, 5.74) is 0.147. The zero-order valence-corrected chi connectivity index (χ0v) is 9.65. The van der Waals surface area contributed by atoms with Crippen LogP contribution in [0.15, 0.2) is 24.3 Å². The molecule has 1 aromatic carbocycles. The Bertz CT molecular complexity index is 340. The van der Waals surface area contributed by atoms with Gasteiger partial charge in [0.2, 0.25) is 0 Å². The van der Waals surface area contributed by atoms with Crippen LogP contribution in [0.3, 0.4) is 0 Å². The highest BCUT2D eigenvalue weighted by Crippen LogP contribution is 2.21. The second-order valence-electron chi connectivity index (χ2n) is 4.46. The van der Waals surface area contributed by atoms with E-state index in [0.717, 1.165) is 5.69 Å². The summed E-state index contributed by atoms with van der Waals surface area (Å²) in [6.07, 6.45) is 0. The van der Waals surface area contributed by atoms with Gasteiger partial charge in [-0.2, -0.15) is 0 Å². The predicted molar refractivity (Wildman–Crippen MR) is 61.9 cm³/mol. The molecular formula is C12H18FNO2. The van der Waals surface area contributed by atoms with Crippen LogP contribution in [0.1, 0.15) is 6.92 Å². The zero-order chi connectivity index (χ0) is 12.2. The number of anilines is 1. The molecule has 0 bridgehead atoms. The topological polar surface area (TPSA) is 43.7 Å². The Labute approximate surface area is 95.1 Å². The SMILES string of the molecule is CN(CC(C)(CO)CO)c1cccc(F)c1. The van der Waals surface area contributed by atoms with Crippen molar-refractivity contribution in [3.63, 3.8) is 0 Å². The molecule has 0 radical (unpaired) electrons. The molecule has 0 aliphatic carbocycles. The molecule has 0 unspecified atom stereocenters. The molecular weight excluding hydrogens is 209 g/mol. The average molecular weight is 227 g/mol. The molecule has 0 saturated heterocycles. The maximum atomic E-state index is 13.0. The minimum Gasteiger partial charge on any atom is -0.396 e. The van der Waals surface area contributed by atoms with Crippen molar-refractivity contribution in [1.29, 1.82) is 0 Å². The Balaban J connectivity index is 2.75. The molecule has 0 aromatic heterocycles. The summed E-state index contributed by atoms with van der Waals surface area (Å²) in [4.78, 5) is 1.82. The number of aliphatic hydroxyl groups excluding tert-OH is 2. The van der Waals surface area contributed by atoms with E-state index in [9.17, 15) is 14.6 Å². The third kappa shape index (κ3) is 3.18. The Morgan fingerprint density at radius 2 is 1.94 bits per heavy atom. The van der Waals surface area contributed by atoms with Crippen LogP contribution in [-0.2, 0) is 0 Å². The molecule has 1 aromatic rings.